The fraction of sp³-hybridized carbons (Fsp3) is 0.136. The molecule has 3 aromatic rings. The molecule has 0 aliphatic carbocycles. The topological polar surface area (TPSA) is 84.5 Å². The quantitative estimate of drug-likeness (QED) is 0.509. The predicted molar refractivity (Wildman–Crippen MR) is 119 cm³/mol. The molecule has 0 radical (unpaired) electrons. The van der Waals surface area contributed by atoms with Crippen LogP contribution >= 0.6 is 11.6 Å². The van der Waals surface area contributed by atoms with Crippen molar-refractivity contribution < 1.29 is 17.9 Å². The van der Waals surface area contributed by atoms with Crippen LogP contribution in [-0.2, 0) is 21.3 Å². The molecule has 3 aromatic carbocycles. The molecule has 0 saturated carbocycles. The van der Waals surface area contributed by atoms with Crippen molar-refractivity contribution in [2.45, 2.75) is 18.4 Å². The minimum atomic E-state index is -3.99. The Hall–Kier alpha value is -3.03. The number of carbonyl (C=O) groups excluding carboxylic acids is 1. The van der Waals surface area contributed by atoms with Gasteiger partial charge in [0.05, 0.1) is 18.4 Å². The van der Waals surface area contributed by atoms with Crippen LogP contribution in [0.5, 0.6) is 0 Å². The second-order valence-corrected chi connectivity index (χ2v) is 8.68. The molecule has 0 bridgehead atoms. The fourth-order valence-electron chi connectivity index (χ4n) is 2.80. The summed E-state index contributed by atoms with van der Waals surface area (Å²) in [5, 5.41) is 3.67. The number of esters is 1. The van der Waals surface area contributed by atoms with Gasteiger partial charge in [0.15, 0.2) is 0 Å². The first-order chi connectivity index (χ1) is 14.3. The van der Waals surface area contributed by atoms with E-state index in [2.05, 4.69) is 10.0 Å². The molecule has 0 heterocycles. The third-order valence-corrected chi connectivity index (χ3v) is 6.21. The number of methoxy groups -OCH3 is 1. The summed E-state index contributed by atoms with van der Waals surface area (Å²) < 4.78 is 33.5. The number of ether oxygens (including phenoxy) is 1. The van der Waals surface area contributed by atoms with E-state index in [0.717, 1.165) is 11.1 Å². The molecule has 0 atom stereocenters. The predicted octanol–water partition coefficient (Wildman–Crippen LogP) is 4.85. The van der Waals surface area contributed by atoms with Crippen molar-refractivity contribution in [2.75, 3.05) is 17.1 Å². The Bertz CT molecular complexity index is 1160. The lowest BCUT2D eigenvalue weighted by Gasteiger charge is -2.16. The molecule has 0 aliphatic heterocycles. The Morgan fingerprint density at radius 3 is 2.40 bits per heavy atom. The summed E-state index contributed by atoms with van der Waals surface area (Å²) in [6.07, 6.45) is 0. The molecule has 3 rings (SSSR count). The van der Waals surface area contributed by atoms with Gasteiger partial charge in [-0.25, -0.2) is 13.2 Å². The first-order valence-electron chi connectivity index (χ1n) is 9.09. The molecule has 0 spiro atoms. The molecule has 6 nitrogen and oxygen atoms in total. The molecule has 0 fully saturated rings. The van der Waals surface area contributed by atoms with Crippen molar-refractivity contribution in [2.24, 2.45) is 0 Å². The first-order valence-corrected chi connectivity index (χ1v) is 11.0. The van der Waals surface area contributed by atoms with Crippen LogP contribution in [0.3, 0.4) is 0 Å². The van der Waals surface area contributed by atoms with Crippen molar-refractivity contribution in [3.63, 3.8) is 0 Å². The fourth-order valence-corrected chi connectivity index (χ4v) is 4.27. The Morgan fingerprint density at radius 1 is 1.03 bits per heavy atom. The van der Waals surface area contributed by atoms with Gasteiger partial charge in [0.2, 0.25) is 0 Å². The van der Waals surface area contributed by atoms with Gasteiger partial charge in [-0.15, -0.1) is 0 Å². The maximum absolute atomic E-state index is 13.1. The molecule has 156 valence electrons. The van der Waals surface area contributed by atoms with Gasteiger partial charge in [-0.1, -0.05) is 47.5 Å². The van der Waals surface area contributed by atoms with E-state index < -0.39 is 16.0 Å². The molecule has 0 amide bonds. The lowest BCUT2D eigenvalue weighted by molar-refractivity contribution is 0.0600. The Labute approximate surface area is 180 Å². The monoisotopic (exact) mass is 444 g/mol. The third kappa shape index (κ3) is 5.11. The van der Waals surface area contributed by atoms with Gasteiger partial charge in [0.25, 0.3) is 10.0 Å². The van der Waals surface area contributed by atoms with Gasteiger partial charge < -0.3 is 10.1 Å². The average Bonchev–Trinajstić information content (AvgIpc) is 2.74. The highest BCUT2D eigenvalue weighted by Gasteiger charge is 2.22. The molecule has 0 aliphatic rings. The number of aryl methyl sites for hydroxylation is 1. The van der Waals surface area contributed by atoms with E-state index in [9.17, 15) is 13.2 Å². The second-order valence-electron chi connectivity index (χ2n) is 6.62. The summed E-state index contributed by atoms with van der Waals surface area (Å²) in [5.74, 6) is -0.626. The number of sulfonamides is 1. The van der Waals surface area contributed by atoms with Crippen LogP contribution < -0.4 is 10.0 Å². The van der Waals surface area contributed by atoms with Crippen molar-refractivity contribution in [3.05, 3.63) is 88.4 Å². The van der Waals surface area contributed by atoms with Gasteiger partial charge in [0.1, 0.15) is 4.90 Å². The Kier molecular flexibility index (Phi) is 6.64. The van der Waals surface area contributed by atoms with E-state index in [1.165, 1.54) is 25.3 Å². The zero-order valence-corrected chi connectivity index (χ0v) is 18.0. The van der Waals surface area contributed by atoms with Crippen LogP contribution in [0.1, 0.15) is 21.5 Å². The molecule has 0 unspecified atom stereocenters. The average molecular weight is 445 g/mol. The standard InChI is InChI=1S/C22H21ClN2O4S/c1-15-7-10-18(11-8-15)25-30(27,28)21-13-16(22(26)29-2)9-12-20(21)24-14-17-5-3-4-6-19(17)23/h3-13,24-25H,14H2,1-2H3. The number of halogens is 1. The van der Waals surface area contributed by atoms with Crippen molar-refractivity contribution in [1.82, 2.24) is 0 Å². The summed E-state index contributed by atoms with van der Waals surface area (Å²) in [4.78, 5) is 11.9. The normalized spacial score (nSPS) is 11.0. The van der Waals surface area contributed by atoms with Gasteiger partial charge >= 0.3 is 5.97 Å². The van der Waals surface area contributed by atoms with E-state index >= 15 is 0 Å². The molecular formula is C22H21ClN2O4S. The third-order valence-electron chi connectivity index (χ3n) is 4.42. The highest BCUT2D eigenvalue weighted by atomic mass is 35.5. The SMILES string of the molecule is COC(=O)c1ccc(NCc2ccccc2Cl)c(S(=O)(=O)Nc2ccc(C)cc2)c1. The zero-order chi connectivity index (χ0) is 21.7. The number of hydrogen-bond acceptors (Lipinski definition) is 5. The van der Waals surface area contributed by atoms with E-state index in [1.54, 1.807) is 30.3 Å². The lowest BCUT2D eigenvalue weighted by Crippen LogP contribution is -2.17. The van der Waals surface area contributed by atoms with Crippen LogP contribution in [-0.4, -0.2) is 21.5 Å². The number of carbonyl (C=O) groups is 1. The maximum Gasteiger partial charge on any atom is 0.337 e. The summed E-state index contributed by atoms with van der Waals surface area (Å²) in [6.45, 7) is 2.22. The van der Waals surface area contributed by atoms with Gasteiger partial charge in [-0.3, -0.25) is 4.72 Å². The van der Waals surface area contributed by atoms with Gasteiger partial charge in [-0.05, 0) is 48.9 Å². The minimum Gasteiger partial charge on any atom is -0.465 e. The molecule has 2 N–H and O–H groups in total. The first kappa shape index (κ1) is 21.7. The van der Waals surface area contributed by atoms with Crippen molar-refractivity contribution in [1.29, 1.82) is 0 Å². The molecular weight excluding hydrogens is 424 g/mol. The summed E-state index contributed by atoms with van der Waals surface area (Å²) in [5.41, 5.74) is 2.70. The van der Waals surface area contributed by atoms with Gasteiger partial charge in [0, 0.05) is 17.3 Å². The maximum atomic E-state index is 13.1. The van der Waals surface area contributed by atoms with Crippen molar-refractivity contribution >= 4 is 39.0 Å². The summed E-state index contributed by atoms with van der Waals surface area (Å²) in [6, 6.07) is 18.6. The molecule has 8 heteroatoms. The number of rotatable bonds is 7. The second kappa shape index (κ2) is 9.19. The lowest BCUT2D eigenvalue weighted by atomic mass is 10.2. The number of anilines is 2. The van der Waals surface area contributed by atoms with Crippen LogP contribution in [0.25, 0.3) is 0 Å². The van der Waals surface area contributed by atoms with E-state index in [1.807, 2.05) is 25.1 Å². The number of benzene rings is 3. The number of hydrogen-bond donors (Lipinski definition) is 2. The van der Waals surface area contributed by atoms with E-state index in [4.69, 9.17) is 16.3 Å². The Balaban J connectivity index is 1.97. The molecule has 0 saturated heterocycles. The van der Waals surface area contributed by atoms with Gasteiger partial charge in [-0.2, -0.15) is 0 Å². The number of nitrogens with one attached hydrogen (secondary N) is 2. The van der Waals surface area contributed by atoms with E-state index in [0.29, 0.717) is 22.9 Å². The van der Waals surface area contributed by atoms with E-state index in [-0.39, 0.29) is 10.5 Å². The smallest absolute Gasteiger partial charge is 0.337 e. The molecule has 30 heavy (non-hydrogen) atoms. The molecule has 0 aromatic heterocycles. The van der Waals surface area contributed by atoms with Crippen molar-refractivity contribution in [3.8, 4) is 0 Å². The highest BCUT2D eigenvalue weighted by molar-refractivity contribution is 7.92. The highest BCUT2D eigenvalue weighted by Crippen LogP contribution is 2.27. The summed E-state index contributed by atoms with van der Waals surface area (Å²) >= 11 is 6.19. The largest absolute Gasteiger partial charge is 0.465 e. The van der Waals surface area contributed by atoms with Crippen LogP contribution in [0.15, 0.2) is 71.6 Å². The zero-order valence-electron chi connectivity index (χ0n) is 16.5. The van der Waals surface area contributed by atoms with Crippen LogP contribution in [0.2, 0.25) is 5.02 Å². The van der Waals surface area contributed by atoms with Crippen LogP contribution in [0, 0.1) is 6.92 Å². The van der Waals surface area contributed by atoms with Crippen LogP contribution in [0.4, 0.5) is 11.4 Å². The summed E-state index contributed by atoms with van der Waals surface area (Å²) in [7, 11) is -2.75. The Morgan fingerprint density at radius 2 is 1.73 bits per heavy atom. The minimum absolute atomic E-state index is 0.0713.